The quantitative estimate of drug-likeness (QED) is 0.824. The van der Waals surface area contributed by atoms with Crippen molar-refractivity contribution in [1.29, 1.82) is 5.26 Å². The van der Waals surface area contributed by atoms with Gasteiger partial charge in [0.25, 0.3) is 0 Å². The molecule has 0 aliphatic heterocycles. The molecule has 0 heterocycles. The molecule has 0 unspecified atom stereocenters. The van der Waals surface area contributed by atoms with Crippen molar-refractivity contribution in [3.8, 4) is 17.6 Å². The Bertz CT molecular complexity index is 678. The molecule has 0 fully saturated rings. The average molecular weight is 283 g/mol. The van der Waals surface area contributed by atoms with Crippen LogP contribution in [0.25, 0.3) is 0 Å². The molecule has 21 heavy (non-hydrogen) atoms. The highest BCUT2D eigenvalue weighted by molar-refractivity contribution is 5.70. The Morgan fingerprint density at radius 1 is 1.14 bits per heavy atom. The number of hydrogen-bond donors (Lipinski definition) is 2. The van der Waals surface area contributed by atoms with Crippen LogP contribution in [0.1, 0.15) is 5.56 Å². The van der Waals surface area contributed by atoms with Crippen molar-refractivity contribution >= 4 is 17.1 Å². The minimum absolute atomic E-state index is 0.279. The fraction of sp³-hybridized carbons (Fsp3) is 0.188. The van der Waals surface area contributed by atoms with Crippen molar-refractivity contribution in [3.05, 3.63) is 42.0 Å². The van der Waals surface area contributed by atoms with E-state index in [1.165, 1.54) is 0 Å². The number of anilines is 3. The minimum atomic E-state index is 0.279. The standard InChI is InChI=1S/C16H17N3O2/c1-20-13-4-6-15(16(10-13)21-2)19-12-3-5-14(18)11(9-12)7-8-17/h3-6,9-10,19H,7,18H2,1-2H3. The SMILES string of the molecule is COc1ccc(Nc2ccc(N)c(CC#N)c2)c(OC)c1. The summed E-state index contributed by atoms with van der Waals surface area (Å²) < 4.78 is 10.5. The highest BCUT2D eigenvalue weighted by Crippen LogP contribution is 2.32. The lowest BCUT2D eigenvalue weighted by molar-refractivity contribution is 0.395. The Labute approximate surface area is 123 Å². The Balaban J connectivity index is 2.30. The smallest absolute Gasteiger partial charge is 0.145 e. The van der Waals surface area contributed by atoms with Gasteiger partial charge in [-0.1, -0.05) is 0 Å². The lowest BCUT2D eigenvalue weighted by Gasteiger charge is -2.13. The third kappa shape index (κ3) is 3.37. The number of ether oxygens (including phenoxy) is 2. The normalized spacial score (nSPS) is 9.76. The molecule has 0 aromatic heterocycles. The minimum Gasteiger partial charge on any atom is -0.497 e. The zero-order chi connectivity index (χ0) is 15.2. The summed E-state index contributed by atoms with van der Waals surface area (Å²) in [4.78, 5) is 0. The van der Waals surface area contributed by atoms with Crippen molar-refractivity contribution in [2.45, 2.75) is 6.42 Å². The number of nitrogens with two attached hydrogens (primary N) is 1. The van der Waals surface area contributed by atoms with Crippen LogP contribution >= 0.6 is 0 Å². The van der Waals surface area contributed by atoms with Gasteiger partial charge in [0.2, 0.25) is 0 Å². The molecule has 2 aromatic carbocycles. The largest absolute Gasteiger partial charge is 0.497 e. The molecule has 0 atom stereocenters. The highest BCUT2D eigenvalue weighted by Gasteiger charge is 2.07. The van der Waals surface area contributed by atoms with E-state index in [-0.39, 0.29) is 6.42 Å². The molecule has 5 heteroatoms. The summed E-state index contributed by atoms with van der Waals surface area (Å²) in [6, 6.07) is 13.1. The second-order valence-corrected chi connectivity index (χ2v) is 4.44. The number of nitriles is 1. The van der Waals surface area contributed by atoms with E-state index in [4.69, 9.17) is 20.5 Å². The van der Waals surface area contributed by atoms with Gasteiger partial charge < -0.3 is 20.5 Å². The van der Waals surface area contributed by atoms with E-state index in [2.05, 4.69) is 11.4 Å². The summed E-state index contributed by atoms with van der Waals surface area (Å²) in [6.45, 7) is 0. The monoisotopic (exact) mass is 283 g/mol. The van der Waals surface area contributed by atoms with Crippen molar-refractivity contribution in [2.75, 3.05) is 25.3 Å². The van der Waals surface area contributed by atoms with Crippen LogP contribution < -0.4 is 20.5 Å². The van der Waals surface area contributed by atoms with Crippen LogP contribution in [-0.2, 0) is 6.42 Å². The Hall–Kier alpha value is -2.87. The lowest BCUT2D eigenvalue weighted by atomic mass is 10.1. The molecule has 0 amide bonds. The first kappa shape index (κ1) is 14.5. The zero-order valence-electron chi connectivity index (χ0n) is 12.0. The fourth-order valence-electron chi connectivity index (χ4n) is 1.98. The molecule has 2 aromatic rings. The second-order valence-electron chi connectivity index (χ2n) is 4.44. The van der Waals surface area contributed by atoms with Gasteiger partial charge in [0.1, 0.15) is 11.5 Å². The van der Waals surface area contributed by atoms with E-state index >= 15 is 0 Å². The summed E-state index contributed by atoms with van der Waals surface area (Å²) in [5.41, 5.74) is 8.91. The molecule has 5 nitrogen and oxygen atoms in total. The summed E-state index contributed by atoms with van der Waals surface area (Å²) in [5.74, 6) is 1.40. The zero-order valence-corrected chi connectivity index (χ0v) is 12.0. The lowest BCUT2D eigenvalue weighted by Crippen LogP contribution is -1.98. The first-order valence-corrected chi connectivity index (χ1v) is 6.42. The molecule has 0 bridgehead atoms. The molecule has 0 aliphatic carbocycles. The first-order chi connectivity index (χ1) is 10.2. The summed E-state index contributed by atoms with van der Waals surface area (Å²) in [6.07, 6.45) is 0.279. The predicted molar refractivity (Wildman–Crippen MR) is 83.0 cm³/mol. The van der Waals surface area contributed by atoms with Crippen LogP contribution in [0.4, 0.5) is 17.1 Å². The summed E-state index contributed by atoms with van der Waals surface area (Å²) in [5, 5.41) is 12.1. The number of hydrogen-bond acceptors (Lipinski definition) is 5. The van der Waals surface area contributed by atoms with E-state index in [1.807, 2.05) is 24.3 Å². The Morgan fingerprint density at radius 3 is 2.62 bits per heavy atom. The molecule has 0 aliphatic rings. The third-order valence-electron chi connectivity index (χ3n) is 3.10. The van der Waals surface area contributed by atoms with Crippen LogP contribution in [0, 0.1) is 11.3 Å². The third-order valence-corrected chi connectivity index (χ3v) is 3.10. The molecule has 0 saturated carbocycles. The van der Waals surface area contributed by atoms with Crippen molar-refractivity contribution < 1.29 is 9.47 Å². The molecule has 2 rings (SSSR count). The fourth-order valence-corrected chi connectivity index (χ4v) is 1.98. The first-order valence-electron chi connectivity index (χ1n) is 6.42. The van der Waals surface area contributed by atoms with Gasteiger partial charge in [-0.2, -0.15) is 5.26 Å². The van der Waals surface area contributed by atoms with Gasteiger partial charge in [0.15, 0.2) is 0 Å². The molecular weight excluding hydrogens is 266 g/mol. The molecule has 3 N–H and O–H groups in total. The predicted octanol–water partition coefficient (Wildman–Crippen LogP) is 3.10. The summed E-state index contributed by atoms with van der Waals surface area (Å²) in [7, 11) is 3.21. The van der Waals surface area contributed by atoms with Gasteiger partial charge in [0.05, 0.1) is 32.4 Å². The Kier molecular flexibility index (Phi) is 4.52. The van der Waals surface area contributed by atoms with Gasteiger partial charge in [-0.05, 0) is 35.9 Å². The van der Waals surface area contributed by atoms with Gasteiger partial charge in [-0.25, -0.2) is 0 Å². The van der Waals surface area contributed by atoms with Crippen LogP contribution in [0.5, 0.6) is 11.5 Å². The van der Waals surface area contributed by atoms with E-state index in [0.717, 1.165) is 22.7 Å². The van der Waals surface area contributed by atoms with Crippen molar-refractivity contribution in [2.24, 2.45) is 0 Å². The van der Waals surface area contributed by atoms with Crippen LogP contribution in [0.15, 0.2) is 36.4 Å². The van der Waals surface area contributed by atoms with Gasteiger partial charge >= 0.3 is 0 Å². The number of nitrogens with zero attached hydrogens (tertiary/aromatic N) is 1. The number of benzene rings is 2. The number of rotatable bonds is 5. The maximum Gasteiger partial charge on any atom is 0.145 e. The van der Waals surface area contributed by atoms with Gasteiger partial charge in [-0.3, -0.25) is 0 Å². The van der Waals surface area contributed by atoms with E-state index in [9.17, 15) is 0 Å². The van der Waals surface area contributed by atoms with Crippen LogP contribution in [0.2, 0.25) is 0 Å². The van der Waals surface area contributed by atoms with Crippen molar-refractivity contribution in [1.82, 2.24) is 0 Å². The molecule has 0 radical (unpaired) electrons. The van der Waals surface area contributed by atoms with Crippen molar-refractivity contribution in [3.63, 3.8) is 0 Å². The van der Waals surface area contributed by atoms with Gasteiger partial charge in [0, 0.05) is 17.4 Å². The maximum absolute atomic E-state index is 8.80. The topological polar surface area (TPSA) is 80.3 Å². The molecule has 0 saturated heterocycles. The Morgan fingerprint density at radius 2 is 1.95 bits per heavy atom. The molecular formula is C16H17N3O2. The molecule has 0 spiro atoms. The number of nitrogens with one attached hydrogen (secondary N) is 1. The number of nitrogen functional groups attached to an aromatic ring is 1. The number of methoxy groups -OCH3 is 2. The highest BCUT2D eigenvalue weighted by atomic mass is 16.5. The maximum atomic E-state index is 8.80. The molecule has 108 valence electrons. The van der Waals surface area contributed by atoms with Crippen LogP contribution in [-0.4, -0.2) is 14.2 Å². The van der Waals surface area contributed by atoms with E-state index in [0.29, 0.717) is 11.4 Å². The van der Waals surface area contributed by atoms with E-state index in [1.54, 1.807) is 26.4 Å². The summed E-state index contributed by atoms with van der Waals surface area (Å²) >= 11 is 0. The van der Waals surface area contributed by atoms with Crippen LogP contribution in [0.3, 0.4) is 0 Å². The van der Waals surface area contributed by atoms with E-state index < -0.39 is 0 Å². The average Bonchev–Trinajstić information content (AvgIpc) is 2.51. The van der Waals surface area contributed by atoms with Gasteiger partial charge in [-0.15, -0.1) is 0 Å². The second kappa shape index (κ2) is 6.53.